The van der Waals surface area contributed by atoms with Crippen LogP contribution in [0.25, 0.3) is 0 Å². The van der Waals surface area contributed by atoms with Gasteiger partial charge in [-0.1, -0.05) is 13.8 Å². The zero-order valence-corrected chi connectivity index (χ0v) is 14.0. The molecular formula is C14H20ClOZr. The van der Waals surface area contributed by atoms with Crippen molar-refractivity contribution in [3.05, 3.63) is 47.6 Å². The summed E-state index contributed by atoms with van der Waals surface area (Å²) < 4.78 is 0. The summed E-state index contributed by atoms with van der Waals surface area (Å²) in [6.45, 7) is 6.05. The molecule has 0 spiro atoms. The average molecular weight is 331 g/mol. The maximum absolute atomic E-state index is 7.57. The van der Waals surface area contributed by atoms with Crippen LogP contribution in [0.2, 0.25) is 0 Å². The van der Waals surface area contributed by atoms with Gasteiger partial charge in [-0.05, 0) is 6.92 Å². The molecule has 3 heteroatoms. The molecule has 17 heavy (non-hydrogen) atoms. The van der Waals surface area contributed by atoms with Crippen LogP contribution in [0.3, 0.4) is 0 Å². The number of hydrogen-bond acceptors (Lipinski definition) is 1. The van der Waals surface area contributed by atoms with Crippen LogP contribution in [-0.4, -0.2) is 11.7 Å². The van der Waals surface area contributed by atoms with E-state index in [0.717, 1.165) is 12.8 Å². The molecule has 0 aromatic rings. The Labute approximate surface area is 131 Å². The zero-order valence-electron chi connectivity index (χ0n) is 10.8. The van der Waals surface area contributed by atoms with Crippen LogP contribution in [0.5, 0.6) is 0 Å². The van der Waals surface area contributed by atoms with Crippen LogP contribution < -0.4 is 12.4 Å². The molecule has 2 rings (SSSR count). The van der Waals surface area contributed by atoms with Crippen LogP contribution in [0.4, 0.5) is 0 Å². The van der Waals surface area contributed by atoms with Gasteiger partial charge in [0, 0.05) is 6.61 Å². The van der Waals surface area contributed by atoms with Gasteiger partial charge in [-0.2, -0.15) is 12.2 Å². The largest absolute Gasteiger partial charge is 3.00 e. The van der Waals surface area contributed by atoms with Crippen LogP contribution in [0.15, 0.2) is 35.5 Å². The monoisotopic (exact) mass is 329 g/mol. The van der Waals surface area contributed by atoms with Gasteiger partial charge in [0.15, 0.2) is 0 Å². The first-order valence-corrected chi connectivity index (χ1v) is 5.29. The van der Waals surface area contributed by atoms with Crippen molar-refractivity contribution in [2.45, 2.75) is 33.6 Å². The van der Waals surface area contributed by atoms with Gasteiger partial charge in [0.1, 0.15) is 0 Å². The Kier molecular flexibility index (Phi) is 21.1. The SMILES string of the molecule is CC1=[C-]CC=C1.CC1=[C-]CC=C1.CCO.[Cl-].[Zr+3]. The molecule has 2 aliphatic carbocycles. The number of aliphatic hydroxyl groups is 1. The van der Waals surface area contributed by atoms with Gasteiger partial charge in [0.25, 0.3) is 0 Å². The van der Waals surface area contributed by atoms with Crippen molar-refractivity contribution in [3.8, 4) is 0 Å². The van der Waals surface area contributed by atoms with Crippen LogP contribution >= 0.6 is 0 Å². The van der Waals surface area contributed by atoms with Crippen molar-refractivity contribution in [2.24, 2.45) is 0 Å². The van der Waals surface area contributed by atoms with E-state index in [1.54, 1.807) is 6.92 Å². The fourth-order valence-electron chi connectivity index (χ4n) is 1.03. The topological polar surface area (TPSA) is 20.2 Å². The Balaban J connectivity index is -0.000000173. The Morgan fingerprint density at radius 2 is 1.35 bits per heavy atom. The summed E-state index contributed by atoms with van der Waals surface area (Å²) in [4.78, 5) is 0. The standard InChI is InChI=1S/2C6H7.C2H6O.ClH.Zr/c2*1-6-4-2-3-5-6;1-2-3;;/h2*2,4H,3H2,1H3;3H,2H2,1H3;1H;/q2*-1;;;+3/p-1. The van der Waals surface area contributed by atoms with E-state index in [1.807, 2.05) is 0 Å². The number of halogens is 1. The van der Waals surface area contributed by atoms with Gasteiger partial charge in [-0.3, -0.25) is 12.2 Å². The maximum atomic E-state index is 7.57. The molecule has 1 nitrogen and oxygen atoms in total. The van der Waals surface area contributed by atoms with Crippen molar-refractivity contribution in [1.29, 1.82) is 0 Å². The normalized spacial score (nSPS) is 14.1. The molecular weight excluding hydrogens is 311 g/mol. The molecule has 0 saturated carbocycles. The molecule has 1 radical (unpaired) electrons. The van der Waals surface area contributed by atoms with E-state index in [0.29, 0.717) is 0 Å². The molecule has 0 unspecified atom stereocenters. The van der Waals surface area contributed by atoms with E-state index in [9.17, 15) is 0 Å². The molecule has 0 fully saturated rings. The van der Waals surface area contributed by atoms with Gasteiger partial charge >= 0.3 is 26.2 Å². The Hall–Kier alpha value is 0.0931. The average Bonchev–Trinajstić information content (AvgIpc) is 2.81. The molecule has 0 atom stereocenters. The Bertz CT molecular complexity index is 244. The second kappa shape index (κ2) is 16.1. The molecule has 0 amide bonds. The zero-order chi connectivity index (χ0) is 11.5. The van der Waals surface area contributed by atoms with Crippen molar-refractivity contribution in [1.82, 2.24) is 0 Å². The predicted molar refractivity (Wildman–Crippen MR) is 65.1 cm³/mol. The minimum atomic E-state index is 0. The summed E-state index contributed by atoms with van der Waals surface area (Å²) in [7, 11) is 0. The minimum absolute atomic E-state index is 0. The van der Waals surface area contributed by atoms with Crippen LogP contribution in [0, 0.1) is 12.2 Å². The van der Waals surface area contributed by atoms with Crippen molar-refractivity contribution < 1.29 is 43.7 Å². The fourth-order valence-corrected chi connectivity index (χ4v) is 1.03. The van der Waals surface area contributed by atoms with E-state index >= 15 is 0 Å². The Morgan fingerprint density at radius 1 is 1.06 bits per heavy atom. The van der Waals surface area contributed by atoms with E-state index in [4.69, 9.17) is 5.11 Å². The molecule has 0 aliphatic heterocycles. The molecule has 0 aromatic heterocycles. The Morgan fingerprint density at radius 3 is 1.41 bits per heavy atom. The third kappa shape index (κ3) is 16.1. The number of allylic oxidation sites excluding steroid dienone is 8. The van der Waals surface area contributed by atoms with Crippen molar-refractivity contribution >= 4 is 0 Å². The van der Waals surface area contributed by atoms with E-state index in [2.05, 4.69) is 50.3 Å². The summed E-state index contributed by atoms with van der Waals surface area (Å²) in [5.74, 6) is 0. The van der Waals surface area contributed by atoms with E-state index in [-0.39, 0.29) is 45.2 Å². The van der Waals surface area contributed by atoms with Gasteiger partial charge < -0.3 is 17.5 Å². The molecule has 0 heterocycles. The van der Waals surface area contributed by atoms with Gasteiger partial charge in [0.05, 0.1) is 0 Å². The smallest absolute Gasteiger partial charge is 1.00 e. The molecule has 0 aromatic carbocycles. The third-order valence-electron chi connectivity index (χ3n) is 1.73. The first-order valence-electron chi connectivity index (χ1n) is 5.29. The quantitative estimate of drug-likeness (QED) is 0.637. The summed E-state index contributed by atoms with van der Waals surface area (Å²) in [6.07, 6.45) is 16.7. The van der Waals surface area contributed by atoms with Gasteiger partial charge in [-0.15, -0.1) is 12.8 Å². The molecule has 2 aliphatic rings. The fraction of sp³-hybridized carbons (Fsp3) is 0.429. The van der Waals surface area contributed by atoms with Crippen molar-refractivity contribution in [2.75, 3.05) is 6.61 Å². The van der Waals surface area contributed by atoms with Crippen molar-refractivity contribution in [3.63, 3.8) is 0 Å². The van der Waals surface area contributed by atoms with Gasteiger partial charge in [-0.25, -0.2) is 23.3 Å². The second-order valence-corrected chi connectivity index (χ2v) is 3.25. The third-order valence-corrected chi connectivity index (χ3v) is 1.73. The van der Waals surface area contributed by atoms with E-state index in [1.165, 1.54) is 11.1 Å². The van der Waals surface area contributed by atoms with Crippen LogP contribution in [0.1, 0.15) is 33.6 Å². The summed E-state index contributed by atoms with van der Waals surface area (Å²) in [5, 5.41) is 7.57. The first kappa shape index (κ1) is 22.3. The first-order chi connectivity index (χ1) is 7.20. The van der Waals surface area contributed by atoms with Crippen LogP contribution in [-0.2, 0) is 26.2 Å². The maximum Gasteiger partial charge on any atom is 3.00 e. The summed E-state index contributed by atoms with van der Waals surface area (Å²) >= 11 is 0. The summed E-state index contributed by atoms with van der Waals surface area (Å²) in [5.41, 5.74) is 2.55. The number of hydrogen-bond donors (Lipinski definition) is 1. The number of rotatable bonds is 0. The second-order valence-electron chi connectivity index (χ2n) is 3.25. The molecule has 0 saturated heterocycles. The molecule has 0 bridgehead atoms. The minimum Gasteiger partial charge on any atom is -1.00 e. The van der Waals surface area contributed by atoms with E-state index < -0.39 is 0 Å². The number of aliphatic hydroxyl groups excluding tert-OH is 1. The predicted octanol–water partition coefficient (Wildman–Crippen LogP) is 0.392. The summed E-state index contributed by atoms with van der Waals surface area (Å²) in [6, 6.07) is 0. The molecule has 1 N–H and O–H groups in total. The van der Waals surface area contributed by atoms with Gasteiger partial charge in [0.2, 0.25) is 0 Å². The molecule has 93 valence electrons.